The number of Topliss-reactive ketones (excluding diaryl/α,β-unsaturated/α-hetero) is 1. The molecule has 4 aromatic heterocycles. The van der Waals surface area contributed by atoms with Crippen LogP contribution < -0.4 is 21.5 Å². The first-order valence-corrected chi connectivity index (χ1v) is 19.0. The number of rotatable bonds is 18. The van der Waals surface area contributed by atoms with E-state index in [4.69, 9.17) is 26.2 Å². The second-order valence-corrected chi connectivity index (χ2v) is 14.4. The molecule has 0 bridgehead atoms. The minimum absolute atomic E-state index is 0.000288. The van der Waals surface area contributed by atoms with Crippen LogP contribution in [0.15, 0.2) is 42.5 Å². The molecule has 2 aromatic carbocycles. The van der Waals surface area contributed by atoms with E-state index < -0.39 is 17.7 Å². The Morgan fingerprint density at radius 2 is 1.42 bits per heavy atom. The van der Waals surface area contributed by atoms with Gasteiger partial charge in [-0.05, 0) is 82.0 Å². The van der Waals surface area contributed by atoms with Gasteiger partial charge in [-0.2, -0.15) is 10.2 Å². The van der Waals surface area contributed by atoms with Gasteiger partial charge >= 0.3 is 0 Å². The van der Waals surface area contributed by atoms with Crippen LogP contribution in [-0.2, 0) is 32.6 Å². The average molecular weight is 780 g/mol. The smallest absolute Gasteiger partial charge is 0.276 e. The molecular weight excluding hydrogens is 731 g/mol. The van der Waals surface area contributed by atoms with E-state index in [2.05, 4.69) is 29.4 Å². The predicted octanol–water partition coefficient (Wildman–Crippen LogP) is 4.04. The maximum atomic E-state index is 13.8. The molecule has 4 heterocycles. The van der Waals surface area contributed by atoms with Crippen LogP contribution in [0.4, 0.5) is 5.95 Å². The minimum atomic E-state index is -0.674. The summed E-state index contributed by atoms with van der Waals surface area (Å²) in [5.41, 5.74) is 16.3. The summed E-state index contributed by atoms with van der Waals surface area (Å²) in [6, 6.07) is 11.6. The summed E-state index contributed by atoms with van der Waals surface area (Å²) >= 11 is 0. The Morgan fingerprint density at radius 3 is 2.05 bits per heavy atom. The number of aromatic nitrogens is 8. The fraction of sp³-hybridized carbons (Fsp3) is 0.400. The van der Waals surface area contributed by atoms with Crippen LogP contribution in [-0.4, -0.2) is 80.5 Å². The predicted molar refractivity (Wildman–Crippen MR) is 213 cm³/mol. The minimum Gasteiger partial charge on any atom is -0.491 e. The number of fused-ring (bicyclic) bond motifs is 2. The highest BCUT2D eigenvalue weighted by molar-refractivity contribution is 6.04. The first-order valence-electron chi connectivity index (χ1n) is 19.0. The number of nitrogens with zero attached hydrogens (tertiary/aromatic N) is 8. The Morgan fingerprint density at radius 1 is 0.807 bits per heavy atom. The van der Waals surface area contributed by atoms with Crippen LogP contribution in [0.5, 0.6) is 5.75 Å². The Kier molecular flexibility index (Phi) is 11.9. The third-order valence-corrected chi connectivity index (χ3v) is 10.1. The molecule has 0 radical (unpaired) electrons. The molecule has 17 heteroatoms. The Labute approximate surface area is 329 Å². The molecule has 3 amide bonds. The Hall–Kier alpha value is -6.36. The van der Waals surface area contributed by atoms with Crippen molar-refractivity contribution in [2.45, 2.75) is 80.6 Å². The number of aliphatic hydroxyl groups is 1. The second kappa shape index (κ2) is 16.8. The van der Waals surface area contributed by atoms with E-state index in [9.17, 15) is 24.3 Å². The van der Waals surface area contributed by atoms with E-state index >= 15 is 0 Å². The van der Waals surface area contributed by atoms with E-state index in [-0.39, 0.29) is 48.8 Å². The third-order valence-electron chi connectivity index (χ3n) is 10.1. The highest BCUT2D eigenvalue weighted by Crippen LogP contribution is 2.33. The third kappa shape index (κ3) is 8.42. The molecule has 0 aliphatic carbocycles. The maximum Gasteiger partial charge on any atom is 0.276 e. The highest BCUT2D eigenvalue weighted by atomic mass is 16.5. The zero-order chi connectivity index (χ0) is 41.1. The van der Waals surface area contributed by atoms with E-state index in [1.165, 1.54) is 0 Å². The Bertz CT molecular complexity index is 2490. The van der Waals surface area contributed by atoms with Crippen molar-refractivity contribution in [3.05, 3.63) is 82.2 Å². The summed E-state index contributed by atoms with van der Waals surface area (Å²) in [4.78, 5) is 61.6. The zero-order valence-corrected chi connectivity index (χ0v) is 33.1. The molecule has 300 valence electrons. The summed E-state index contributed by atoms with van der Waals surface area (Å²) in [5, 5.41) is 21.3. The standard InChI is InChI=1S/C40H49N11O6/c1-7-50-31(14-24(5)46-50)33(53)19-35-43-28-16-26(37(41)54)10-11-30(28)48(35)20-22(3)23(4)21-49-36-29(17-27(38(42)55)18-34(36)57-13-9-12-52)44-40(49)45-39(56)32-15-25(6)47-51(32)8-2/h10-11,14-18,22-23,52H,7-9,12-13,19-21H2,1-6H3,(H2,41,54)(H2,42,55)(H,44,45,56). The first-order chi connectivity index (χ1) is 27.2. The molecule has 6 aromatic rings. The largest absolute Gasteiger partial charge is 0.491 e. The number of nitrogens with one attached hydrogen (secondary N) is 1. The number of ketones is 1. The number of nitrogens with two attached hydrogens (primary N) is 2. The number of carbonyl (C=O) groups excluding carboxylic acids is 4. The number of primary amides is 2. The summed E-state index contributed by atoms with van der Waals surface area (Å²) in [7, 11) is 0. The van der Waals surface area contributed by atoms with Gasteiger partial charge in [0.25, 0.3) is 5.91 Å². The fourth-order valence-corrected chi connectivity index (χ4v) is 6.99. The van der Waals surface area contributed by atoms with Crippen molar-refractivity contribution in [3.63, 3.8) is 0 Å². The molecule has 2 atom stereocenters. The van der Waals surface area contributed by atoms with Crippen molar-refractivity contribution in [2.75, 3.05) is 18.5 Å². The van der Waals surface area contributed by atoms with Gasteiger partial charge in [-0.15, -0.1) is 0 Å². The van der Waals surface area contributed by atoms with Crippen LogP contribution in [0.2, 0.25) is 0 Å². The van der Waals surface area contributed by atoms with Gasteiger partial charge < -0.3 is 30.4 Å². The molecule has 0 aliphatic heterocycles. The number of amides is 3. The van der Waals surface area contributed by atoms with Gasteiger partial charge in [-0.3, -0.25) is 33.9 Å². The van der Waals surface area contributed by atoms with E-state index in [1.807, 2.05) is 36.8 Å². The monoisotopic (exact) mass is 779 g/mol. The van der Waals surface area contributed by atoms with Crippen molar-refractivity contribution in [1.82, 2.24) is 38.7 Å². The number of anilines is 1. The number of aliphatic hydroxyl groups excluding tert-OH is 1. The van der Waals surface area contributed by atoms with Crippen molar-refractivity contribution in [3.8, 4) is 5.75 Å². The normalized spacial score (nSPS) is 12.6. The van der Waals surface area contributed by atoms with Gasteiger partial charge in [0.15, 0.2) is 5.78 Å². The molecule has 6 N–H and O–H groups in total. The van der Waals surface area contributed by atoms with Crippen LogP contribution in [0.25, 0.3) is 22.1 Å². The molecule has 0 aliphatic rings. The lowest BCUT2D eigenvalue weighted by Crippen LogP contribution is -2.24. The lowest BCUT2D eigenvalue weighted by molar-refractivity contribution is 0.0974. The summed E-state index contributed by atoms with van der Waals surface area (Å²) in [6.07, 6.45) is 0.346. The highest BCUT2D eigenvalue weighted by Gasteiger charge is 2.26. The molecule has 0 fully saturated rings. The lowest BCUT2D eigenvalue weighted by Gasteiger charge is -2.24. The SMILES string of the molecule is CCn1nc(C)cc1C(=O)Cc1nc2cc(C(N)=O)ccc2n1CC(C)C(C)Cn1c(NC(=O)c2cc(C)nn2CC)nc2cc(C(N)=O)cc(OCCCO)c21. The molecule has 0 spiro atoms. The van der Waals surface area contributed by atoms with Gasteiger partial charge in [0.1, 0.15) is 28.5 Å². The number of aryl methyl sites for hydroxylation is 4. The van der Waals surface area contributed by atoms with E-state index in [1.54, 1.807) is 51.8 Å². The van der Waals surface area contributed by atoms with Gasteiger partial charge in [-0.25, -0.2) is 9.97 Å². The van der Waals surface area contributed by atoms with Crippen LogP contribution in [0.3, 0.4) is 0 Å². The lowest BCUT2D eigenvalue weighted by atomic mass is 9.95. The number of ether oxygens (including phenoxy) is 1. The van der Waals surface area contributed by atoms with E-state index in [0.717, 1.165) is 11.2 Å². The number of benzene rings is 2. The molecule has 0 saturated heterocycles. The number of imidazole rings is 2. The van der Waals surface area contributed by atoms with Crippen LogP contribution in [0.1, 0.15) is 93.0 Å². The summed E-state index contributed by atoms with van der Waals surface area (Å²) in [6.45, 7) is 13.5. The van der Waals surface area contributed by atoms with Crippen LogP contribution in [0, 0.1) is 25.7 Å². The Balaban J connectivity index is 1.39. The quantitative estimate of drug-likeness (QED) is 0.0722. The number of hydrogen-bond acceptors (Lipinski definition) is 10. The van der Waals surface area contributed by atoms with Crippen molar-refractivity contribution in [2.24, 2.45) is 23.3 Å². The van der Waals surface area contributed by atoms with Gasteiger partial charge in [-0.1, -0.05) is 13.8 Å². The van der Waals surface area contributed by atoms with E-state index in [0.29, 0.717) is 83.4 Å². The zero-order valence-electron chi connectivity index (χ0n) is 33.1. The first kappa shape index (κ1) is 40.3. The van der Waals surface area contributed by atoms with Gasteiger partial charge in [0.2, 0.25) is 17.8 Å². The second-order valence-electron chi connectivity index (χ2n) is 14.4. The van der Waals surface area contributed by atoms with Gasteiger partial charge in [0.05, 0.1) is 41.0 Å². The topological polar surface area (TPSA) is 233 Å². The number of carbonyl (C=O) groups is 4. The molecule has 17 nitrogen and oxygen atoms in total. The molecular formula is C40H49N11O6. The fourth-order valence-electron chi connectivity index (χ4n) is 6.99. The van der Waals surface area contributed by atoms with Crippen molar-refractivity contribution < 1.29 is 29.0 Å². The molecule has 6 rings (SSSR count). The molecule has 57 heavy (non-hydrogen) atoms. The summed E-state index contributed by atoms with van der Waals surface area (Å²) in [5.74, 6) is -0.897. The van der Waals surface area contributed by atoms with Crippen LogP contribution >= 0.6 is 0 Å². The summed E-state index contributed by atoms with van der Waals surface area (Å²) < 4.78 is 13.3. The average Bonchev–Trinajstić information content (AvgIpc) is 3.93. The molecule has 2 unspecified atom stereocenters. The van der Waals surface area contributed by atoms with Gasteiger partial charge in [0, 0.05) is 50.3 Å². The van der Waals surface area contributed by atoms with Crippen molar-refractivity contribution in [1.29, 1.82) is 0 Å². The number of hydrogen-bond donors (Lipinski definition) is 4. The molecule has 0 saturated carbocycles. The van der Waals surface area contributed by atoms with Crippen molar-refractivity contribution >= 4 is 51.5 Å². The maximum absolute atomic E-state index is 13.8.